The van der Waals surface area contributed by atoms with Crippen molar-refractivity contribution < 1.29 is 9.84 Å². The number of aliphatic hydroxyl groups is 1. The average molecular weight is 262 g/mol. The van der Waals surface area contributed by atoms with Crippen LogP contribution < -0.4 is 4.90 Å². The molecule has 0 bridgehead atoms. The number of aliphatic hydroxyl groups excluding tert-OH is 1. The molecular formula is C15H22N2O2. The Kier molecular flexibility index (Phi) is 3.46. The van der Waals surface area contributed by atoms with Crippen LogP contribution in [0.1, 0.15) is 26.2 Å². The van der Waals surface area contributed by atoms with Crippen molar-refractivity contribution in [2.75, 3.05) is 24.6 Å². The molecule has 1 aromatic rings. The van der Waals surface area contributed by atoms with E-state index in [1.54, 1.807) is 0 Å². The fraction of sp³-hybridized carbons (Fsp3) is 0.667. The molecule has 0 amide bonds. The number of piperidine rings is 1. The Bertz CT molecular complexity index is 413. The molecular weight excluding hydrogens is 240 g/mol. The Morgan fingerprint density at radius 2 is 2.21 bits per heavy atom. The fourth-order valence-electron chi connectivity index (χ4n) is 3.51. The molecule has 2 atom stereocenters. The van der Waals surface area contributed by atoms with Crippen LogP contribution in [0.3, 0.4) is 0 Å². The van der Waals surface area contributed by atoms with Crippen LogP contribution >= 0.6 is 0 Å². The van der Waals surface area contributed by atoms with Gasteiger partial charge in [-0.2, -0.15) is 0 Å². The molecule has 2 aliphatic rings. The smallest absolute Gasteiger partial charge is 0.128 e. The van der Waals surface area contributed by atoms with E-state index in [0.717, 1.165) is 44.8 Å². The van der Waals surface area contributed by atoms with Gasteiger partial charge in [-0.15, -0.1) is 0 Å². The van der Waals surface area contributed by atoms with E-state index in [1.165, 1.54) is 0 Å². The van der Waals surface area contributed by atoms with Crippen LogP contribution in [0.4, 0.5) is 5.82 Å². The summed E-state index contributed by atoms with van der Waals surface area (Å²) in [5.41, 5.74) is 0.00128. The summed E-state index contributed by atoms with van der Waals surface area (Å²) in [5.74, 6) is 1.04. The van der Waals surface area contributed by atoms with Crippen LogP contribution in [0.15, 0.2) is 24.4 Å². The first-order valence-corrected chi connectivity index (χ1v) is 7.22. The Morgan fingerprint density at radius 1 is 1.42 bits per heavy atom. The second-order valence-corrected chi connectivity index (χ2v) is 5.60. The zero-order valence-corrected chi connectivity index (χ0v) is 11.5. The van der Waals surface area contributed by atoms with Crippen LogP contribution in [-0.2, 0) is 4.74 Å². The summed E-state index contributed by atoms with van der Waals surface area (Å²) >= 11 is 0. The molecule has 19 heavy (non-hydrogen) atoms. The minimum atomic E-state index is -0.185. The maximum Gasteiger partial charge on any atom is 0.128 e. The molecule has 1 saturated heterocycles. The standard InChI is InChI=1S/C15H22N2O2/c1-2-19-13-11-12(18)15(13)6-9-17(10-7-15)14-5-3-4-8-16-14/h3-5,8,12-13,18H,2,6-7,9-11H2,1H3/t12-,13-/m1/s1. The van der Waals surface area contributed by atoms with E-state index in [4.69, 9.17) is 4.74 Å². The Hall–Kier alpha value is -1.13. The molecule has 1 aliphatic heterocycles. The quantitative estimate of drug-likeness (QED) is 0.903. The van der Waals surface area contributed by atoms with Crippen LogP contribution in [0, 0.1) is 5.41 Å². The summed E-state index contributed by atoms with van der Waals surface area (Å²) in [7, 11) is 0. The molecule has 1 aromatic heterocycles. The third kappa shape index (κ3) is 2.13. The van der Waals surface area contributed by atoms with E-state index in [0.29, 0.717) is 0 Å². The van der Waals surface area contributed by atoms with E-state index in [9.17, 15) is 5.11 Å². The SMILES string of the molecule is CCO[C@@H]1C[C@@H](O)C12CCN(c1ccccn1)CC2. The second kappa shape index (κ2) is 5.10. The third-order valence-electron chi connectivity index (χ3n) is 4.78. The zero-order chi connectivity index (χ0) is 13.3. The number of ether oxygens (including phenoxy) is 1. The van der Waals surface area contributed by atoms with Crippen molar-refractivity contribution in [3.63, 3.8) is 0 Å². The highest BCUT2D eigenvalue weighted by Crippen LogP contribution is 2.51. The molecule has 3 rings (SSSR count). The largest absolute Gasteiger partial charge is 0.392 e. The van der Waals surface area contributed by atoms with Crippen LogP contribution in [0.5, 0.6) is 0 Å². The number of pyridine rings is 1. The van der Waals surface area contributed by atoms with Crippen LogP contribution in [-0.4, -0.2) is 42.0 Å². The zero-order valence-electron chi connectivity index (χ0n) is 11.5. The van der Waals surface area contributed by atoms with Gasteiger partial charge < -0.3 is 14.7 Å². The molecule has 1 spiro atoms. The summed E-state index contributed by atoms with van der Waals surface area (Å²) < 4.78 is 5.79. The van der Waals surface area contributed by atoms with Gasteiger partial charge in [-0.05, 0) is 31.9 Å². The monoisotopic (exact) mass is 262 g/mol. The lowest BCUT2D eigenvalue weighted by Crippen LogP contribution is -2.62. The highest BCUT2D eigenvalue weighted by molar-refractivity contribution is 5.38. The number of hydrogen-bond acceptors (Lipinski definition) is 4. The number of nitrogens with zero attached hydrogens (tertiary/aromatic N) is 2. The van der Waals surface area contributed by atoms with Gasteiger partial charge in [0.2, 0.25) is 0 Å². The molecule has 2 heterocycles. The maximum absolute atomic E-state index is 10.2. The first kappa shape index (κ1) is 12.9. The number of anilines is 1. The predicted molar refractivity (Wildman–Crippen MR) is 74.2 cm³/mol. The van der Waals surface area contributed by atoms with E-state index in [1.807, 2.05) is 25.3 Å². The van der Waals surface area contributed by atoms with Gasteiger partial charge in [0.05, 0.1) is 12.2 Å². The Morgan fingerprint density at radius 3 is 2.79 bits per heavy atom. The minimum Gasteiger partial charge on any atom is -0.392 e. The molecule has 0 aromatic carbocycles. The van der Waals surface area contributed by atoms with Gasteiger partial charge in [-0.1, -0.05) is 6.07 Å². The van der Waals surface area contributed by atoms with Crippen molar-refractivity contribution in [1.82, 2.24) is 4.98 Å². The fourth-order valence-corrected chi connectivity index (χ4v) is 3.51. The molecule has 1 saturated carbocycles. The van der Waals surface area contributed by atoms with Crippen molar-refractivity contribution in [2.24, 2.45) is 5.41 Å². The molecule has 1 aliphatic carbocycles. The molecule has 104 valence electrons. The Labute approximate surface area is 114 Å². The summed E-state index contributed by atoms with van der Waals surface area (Å²) in [5, 5.41) is 10.2. The van der Waals surface area contributed by atoms with Gasteiger partial charge in [0, 0.05) is 37.7 Å². The van der Waals surface area contributed by atoms with Gasteiger partial charge in [0.25, 0.3) is 0 Å². The van der Waals surface area contributed by atoms with Crippen LogP contribution in [0.25, 0.3) is 0 Å². The van der Waals surface area contributed by atoms with E-state index >= 15 is 0 Å². The molecule has 1 N–H and O–H groups in total. The lowest BCUT2D eigenvalue weighted by atomic mass is 9.58. The average Bonchev–Trinajstić information content (AvgIpc) is 2.48. The molecule has 2 fully saturated rings. The lowest BCUT2D eigenvalue weighted by Gasteiger charge is -2.56. The maximum atomic E-state index is 10.2. The van der Waals surface area contributed by atoms with E-state index < -0.39 is 0 Å². The van der Waals surface area contributed by atoms with E-state index in [-0.39, 0.29) is 17.6 Å². The van der Waals surface area contributed by atoms with Crippen LogP contribution in [0.2, 0.25) is 0 Å². The normalized spacial score (nSPS) is 29.3. The van der Waals surface area contributed by atoms with Gasteiger partial charge in [-0.3, -0.25) is 0 Å². The van der Waals surface area contributed by atoms with Gasteiger partial charge >= 0.3 is 0 Å². The Balaban J connectivity index is 1.66. The van der Waals surface area contributed by atoms with Gasteiger partial charge in [0.15, 0.2) is 0 Å². The first-order chi connectivity index (χ1) is 9.26. The topological polar surface area (TPSA) is 45.6 Å². The van der Waals surface area contributed by atoms with Crippen molar-refractivity contribution >= 4 is 5.82 Å². The number of hydrogen-bond donors (Lipinski definition) is 1. The molecule has 0 radical (unpaired) electrons. The van der Waals surface area contributed by atoms with Crippen molar-refractivity contribution in [3.05, 3.63) is 24.4 Å². The summed E-state index contributed by atoms with van der Waals surface area (Å²) in [6, 6.07) is 6.01. The number of rotatable bonds is 3. The van der Waals surface area contributed by atoms with Crippen molar-refractivity contribution in [3.8, 4) is 0 Å². The van der Waals surface area contributed by atoms with Gasteiger partial charge in [-0.25, -0.2) is 4.98 Å². The molecule has 4 heteroatoms. The van der Waals surface area contributed by atoms with Crippen molar-refractivity contribution in [1.29, 1.82) is 0 Å². The predicted octanol–water partition coefficient (Wildman–Crippen LogP) is 1.84. The molecule has 0 unspecified atom stereocenters. The first-order valence-electron chi connectivity index (χ1n) is 7.22. The van der Waals surface area contributed by atoms with Gasteiger partial charge in [0.1, 0.15) is 5.82 Å². The molecule has 4 nitrogen and oxygen atoms in total. The summed E-state index contributed by atoms with van der Waals surface area (Å²) in [4.78, 5) is 6.71. The van der Waals surface area contributed by atoms with E-state index in [2.05, 4.69) is 16.0 Å². The highest BCUT2D eigenvalue weighted by Gasteiger charge is 2.56. The highest BCUT2D eigenvalue weighted by atomic mass is 16.5. The lowest BCUT2D eigenvalue weighted by molar-refractivity contribution is -0.199. The number of aromatic nitrogens is 1. The second-order valence-electron chi connectivity index (χ2n) is 5.60. The third-order valence-corrected chi connectivity index (χ3v) is 4.78. The summed E-state index contributed by atoms with van der Waals surface area (Å²) in [6.07, 6.45) is 4.69. The minimum absolute atomic E-state index is 0.00128. The summed E-state index contributed by atoms with van der Waals surface area (Å²) in [6.45, 7) is 4.68. The van der Waals surface area contributed by atoms with Crippen molar-refractivity contribution in [2.45, 2.75) is 38.4 Å².